The number of fused-ring (bicyclic) bond motifs is 1. The van der Waals surface area contributed by atoms with Crippen molar-refractivity contribution in [2.75, 3.05) is 13.2 Å². The van der Waals surface area contributed by atoms with Crippen LogP contribution in [0.4, 0.5) is 0 Å². The Balaban J connectivity index is 2.27. The van der Waals surface area contributed by atoms with Crippen LogP contribution in [0.5, 0.6) is 11.5 Å². The highest BCUT2D eigenvalue weighted by molar-refractivity contribution is 5.57. The fraction of sp³-hybridized carbons (Fsp3) is 0.429. The molecule has 0 saturated heterocycles. The van der Waals surface area contributed by atoms with Gasteiger partial charge >= 0.3 is 0 Å². The summed E-state index contributed by atoms with van der Waals surface area (Å²) in [6.07, 6.45) is 2.04. The topological polar surface area (TPSA) is 61.6 Å². The lowest BCUT2D eigenvalue weighted by Crippen LogP contribution is -2.15. The summed E-state index contributed by atoms with van der Waals surface area (Å²) in [4.78, 5) is 10.7. The van der Waals surface area contributed by atoms with Crippen molar-refractivity contribution >= 4 is 6.08 Å². The average Bonchev–Trinajstić information content (AvgIpc) is 2.37. The van der Waals surface area contributed by atoms with Crippen LogP contribution >= 0.6 is 0 Å². The van der Waals surface area contributed by atoms with Gasteiger partial charge in [-0.25, -0.2) is 0 Å². The Labute approximate surface area is 112 Å². The Morgan fingerprint density at radius 2 is 2.05 bits per heavy atom. The summed E-state index contributed by atoms with van der Waals surface area (Å²) in [6.45, 7) is 4.96. The summed E-state index contributed by atoms with van der Waals surface area (Å²) in [6, 6.07) is 5.36. The van der Waals surface area contributed by atoms with Crippen LogP contribution in [-0.2, 0) is 0 Å². The molecule has 1 aromatic rings. The zero-order valence-electron chi connectivity index (χ0n) is 11.1. The molecule has 0 atom stereocenters. The third kappa shape index (κ3) is 3.47. The maximum atomic E-state index is 11.0. The molecule has 1 aliphatic heterocycles. The molecule has 0 spiro atoms. The zero-order valence-corrected chi connectivity index (χ0v) is 11.1. The summed E-state index contributed by atoms with van der Waals surface area (Å²) in [5.74, 6) is 1.58. The molecule has 1 aliphatic rings. The van der Waals surface area contributed by atoms with E-state index < -0.39 is 0 Å². The molecule has 0 amide bonds. The standard InChI is InChI=1S/C14H17NO4/c1-10(2)7-12(15(16)17)8-11-3-4-13-14(9-11)19-6-5-18-13/h3-4,8-10H,5-7H2,1-2H3. The molecule has 0 radical (unpaired) electrons. The van der Waals surface area contributed by atoms with Crippen molar-refractivity contribution in [3.05, 3.63) is 39.6 Å². The van der Waals surface area contributed by atoms with Crippen LogP contribution in [0, 0.1) is 16.0 Å². The predicted octanol–water partition coefficient (Wildman–Crippen LogP) is 3.12. The summed E-state index contributed by atoms with van der Waals surface area (Å²) in [5, 5.41) is 11.0. The van der Waals surface area contributed by atoms with Gasteiger partial charge in [0, 0.05) is 12.5 Å². The minimum atomic E-state index is -0.323. The van der Waals surface area contributed by atoms with Crippen LogP contribution in [0.2, 0.25) is 0 Å². The van der Waals surface area contributed by atoms with Crippen LogP contribution in [0.3, 0.4) is 0 Å². The second-order valence-electron chi connectivity index (χ2n) is 4.89. The minimum absolute atomic E-state index is 0.215. The first kappa shape index (κ1) is 13.4. The Morgan fingerprint density at radius 1 is 1.37 bits per heavy atom. The van der Waals surface area contributed by atoms with E-state index >= 15 is 0 Å². The van der Waals surface area contributed by atoms with Gasteiger partial charge in [-0.3, -0.25) is 10.1 Å². The molecule has 0 unspecified atom stereocenters. The number of nitrogens with zero attached hydrogens (tertiary/aromatic N) is 1. The molecule has 19 heavy (non-hydrogen) atoms. The molecule has 5 nitrogen and oxygen atoms in total. The number of rotatable bonds is 4. The van der Waals surface area contributed by atoms with Crippen LogP contribution in [0.1, 0.15) is 25.8 Å². The van der Waals surface area contributed by atoms with Gasteiger partial charge in [-0.05, 0) is 23.6 Å². The van der Waals surface area contributed by atoms with Gasteiger partial charge in [-0.15, -0.1) is 0 Å². The lowest BCUT2D eigenvalue weighted by molar-refractivity contribution is -0.427. The third-order valence-electron chi connectivity index (χ3n) is 2.75. The van der Waals surface area contributed by atoms with E-state index in [4.69, 9.17) is 9.47 Å². The van der Waals surface area contributed by atoms with E-state index in [9.17, 15) is 10.1 Å². The van der Waals surface area contributed by atoms with Crippen molar-refractivity contribution in [2.45, 2.75) is 20.3 Å². The Kier molecular flexibility index (Phi) is 4.04. The molecule has 0 fully saturated rings. The second kappa shape index (κ2) is 5.73. The number of hydrogen-bond acceptors (Lipinski definition) is 4. The van der Waals surface area contributed by atoms with Gasteiger partial charge in [-0.2, -0.15) is 0 Å². The first-order chi connectivity index (χ1) is 9.06. The van der Waals surface area contributed by atoms with Crippen LogP contribution < -0.4 is 9.47 Å². The Morgan fingerprint density at radius 3 is 2.68 bits per heavy atom. The van der Waals surface area contributed by atoms with E-state index in [0.29, 0.717) is 31.1 Å². The van der Waals surface area contributed by atoms with Crippen LogP contribution in [0.15, 0.2) is 23.9 Å². The Hall–Kier alpha value is -2.04. The smallest absolute Gasteiger partial charge is 0.247 e. The van der Waals surface area contributed by atoms with Gasteiger partial charge in [0.15, 0.2) is 11.5 Å². The van der Waals surface area contributed by atoms with Gasteiger partial charge in [0.1, 0.15) is 13.2 Å². The van der Waals surface area contributed by atoms with Crippen LogP contribution in [0.25, 0.3) is 6.08 Å². The molecule has 0 aromatic heterocycles. The molecule has 0 saturated carbocycles. The summed E-state index contributed by atoms with van der Waals surface area (Å²) in [7, 11) is 0. The third-order valence-corrected chi connectivity index (χ3v) is 2.75. The molecular weight excluding hydrogens is 246 g/mol. The number of benzene rings is 1. The van der Waals surface area contributed by atoms with E-state index in [-0.39, 0.29) is 16.5 Å². The van der Waals surface area contributed by atoms with Gasteiger partial charge in [-0.1, -0.05) is 19.9 Å². The molecule has 2 rings (SSSR count). The highest BCUT2D eigenvalue weighted by Gasteiger charge is 2.15. The van der Waals surface area contributed by atoms with Crippen molar-refractivity contribution in [1.82, 2.24) is 0 Å². The van der Waals surface area contributed by atoms with Crippen molar-refractivity contribution in [3.63, 3.8) is 0 Å². The molecular formula is C14H17NO4. The minimum Gasteiger partial charge on any atom is -0.486 e. The lowest BCUT2D eigenvalue weighted by Gasteiger charge is -2.18. The SMILES string of the molecule is CC(C)CC(=Cc1ccc2c(c1)OCCO2)[N+](=O)[O-]. The molecule has 0 N–H and O–H groups in total. The molecule has 0 aliphatic carbocycles. The van der Waals surface area contributed by atoms with Gasteiger partial charge in [0.05, 0.1) is 4.92 Å². The number of allylic oxidation sites excluding steroid dienone is 1. The fourth-order valence-corrected chi connectivity index (χ4v) is 1.95. The van der Waals surface area contributed by atoms with Crippen molar-refractivity contribution in [2.24, 2.45) is 5.92 Å². The van der Waals surface area contributed by atoms with E-state index in [1.807, 2.05) is 13.8 Å². The molecule has 5 heteroatoms. The molecule has 0 bridgehead atoms. The summed E-state index contributed by atoms with van der Waals surface area (Å²) >= 11 is 0. The van der Waals surface area contributed by atoms with Gasteiger partial charge in [0.25, 0.3) is 0 Å². The molecule has 102 valence electrons. The van der Waals surface area contributed by atoms with Crippen molar-refractivity contribution < 1.29 is 14.4 Å². The normalized spacial score (nSPS) is 14.6. The van der Waals surface area contributed by atoms with Crippen molar-refractivity contribution in [3.8, 4) is 11.5 Å². The van der Waals surface area contributed by atoms with Gasteiger partial charge < -0.3 is 9.47 Å². The first-order valence-electron chi connectivity index (χ1n) is 6.31. The largest absolute Gasteiger partial charge is 0.486 e. The zero-order chi connectivity index (χ0) is 13.8. The lowest BCUT2D eigenvalue weighted by atomic mass is 10.1. The maximum absolute atomic E-state index is 11.0. The van der Waals surface area contributed by atoms with E-state index in [2.05, 4.69) is 0 Å². The highest BCUT2D eigenvalue weighted by atomic mass is 16.6. The van der Waals surface area contributed by atoms with Gasteiger partial charge in [0.2, 0.25) is 5.70 Å². The van der Waals surface area contributed by atoms with E-state index in [1.165, 1.54) is 0 Å². The second-order valence-corrected chi connectivity index (χ2v) is 4.89. The van der Waals surface area contributed by atoms with Crippen LogP contribution in [-0.4, -0.2) is 18.1 Å². The molecule has 1 aromatic carbocycles. The van der Waals surface area contributed by atoms with Crippen molar-refractivity contribution in [1.29, 1.82) is 0 Å². The fourth-order valence-electron chi connectivity index (χ4n) is 1.95. The molecule has 1 heterocycles. The average molecular weight is 263 g/mol. The monoisotopic (exact) mass is 263 g/mol. The Bertz CT molecular complexity index is 508. The number of hydrogen-bond donors (Lipinski definition) is 0. The van der Waals surface area contributed by atoms with E-state index in [1.54, 1.807) is 24.3 Å². The quantitative estimate of drug-likeness (QED) is 0.618. The number of ether oxygens (including phenoxy) is 2. The first-order valence-corrected chi connectivity index (χ1v) is 6.31. The highest BCUT2D eigenvalue weighted by Crippen LogP contribution is 2.31. The summed E-state index contributed by atoms with van der Waals surface area (Å²) < 4.78 is 10.9. The predicted molar refractivity (Wildman–Crippen MR) is 71.9 cm³/mol. The van der Waals surface area contributed by atoms with E-state index in [0.717, 1.165) is 5.56 Å². The summed E-state index contributed by atoms with van der Waals surface area (Å²) in [5.41, 5.74) is 0.975. The maximum Gasteiger partial charge on any atom is 0.247 e. The number of nitro groups is 1.